The first kappa shape index (κ1) is 25.4. The fourth-order valence-corrected chi connectivity index (χ4v) is 5.08. The SMILES string of the molecule is CN[C@H]1C[C@H](Oc2nc(Nc3cnn(C)c3)nc3c2c(-c2ccccn2)cn3COCC[Si](C)(C)C)C1. The number of nitrogens with zero attached hydrogens (tertiary/aromatic N) is 6. The summed E-state index contributed by atoms with van der Waals surface area (Å²) in [5, 5.41) is 11.7. The average molecular weight is 521 g/mol. The fourth-order valence-electron chi connectivity index (χ4n) is 4.32. The molecular formula is C26H36N8O2Si. The van der Waals surface area contributed by atoms with E-state index < -0.39 is 8.07 Å². The zero-order valence-electron chi connectivity index (χ0n) is 22.2. The van der Waals surface area contributed by atoms with Gasteiger partial charge in [0.1, 0.15) is 12.8 Å². The number of hydrogen-bond donors (Lipinski definition) is 2. The lowest BCUT2D eigenvalue weighted by molar-refractivity contribution is 0.0853. The molecule has 0 amide bonds. The quantitative estimate of drug-likeness (QED) is 0.221. The number of pyridine rings is 1. The van der Waals surface area contributed by atoms with Crippen LogP contribution in [0.5, 0.6) is 5.88 Å². The topological polar surface area (TPSA) is 104 Å². The van der Waals surface area contributed by atoms with Gasteiger partial charge in [0.15, 0.2) is 5.65 Å². The molecule has 0 bridgehead atoms. The summed E-state index contributed by atoms with van der Waals surface area (Å²) in [4.78, 5) is 14.4. The van der Waals surface area contributed by atoms with Gasteiger partial charge in [0, 0.05) is 51.9 Å². The Hall–Kier alpha value is -3.28. The molecule has 37 heavy (non-hydrogen) atoms. The number of aromatic nitrogens is 6. The first-order valence-electron chi connectivity index (χ1n) is 12.8. The van der Waals surface area contributed by atoms with E-state index in [2.05, 4.69) is 40.4 Å². The van der Waals surface area contributed by atoms with E-state index in [0.717, 1.165) is 53.5 Å². The highest BCUT2D eigenvalue weighted by atomic mass is 28.3. The minimum absolute atomic E-state index is 0.0923. The number of hydrogen-bond acceptors (Lipinski definition) is 8. The smallest absolute Gasteiger partial charge is 0.232 e. The van der Waals surface area contributed by atoms with Crippen LogP contribution in [0.2, 0.25) is 25.7 Å². The van der Waals surface area contributed by atoms with Crippen molar-refractivity contribution in [2.24, 2.45) is 7.05 Å². The summed E-state index contributed by atoms with van der Waals surface area (Å²) in [6.07, 6.45) is 9.44. The van der Waals surface area contributed by atoms with Gasteiger partial charge in [-0.2, -0.15) is 15.1 Å². The van der Waals surface area contributed by atoms with Gasteiger partial charge in [0.05, 0.1) is 23.0 Å². The summed E-state index contributed by atoms with van der Waals surface area (Å²) >= 11 is 0. The lowest BCUT2D eigenvalue weighted by Gasteiger charge is -2.34. The van der Waals surface area contributed by atoms with Gasteiger partial charge in [-0.05, 0) is 38.1 Å². The molecule has 4 heterocycles. The Kier molecular flexibility index (Phi) is 7.27. The maximum Gasteiger partial charge on any atom is 0.232 e. The molecule has 1 aliphatic rings. The molecule has 0 atom stereocenters. The van der Waals surface area contributed by atoms with Crippen LogP contribution in [0, 0.1) is 0 Å². The van der Waals surface area contributed by atoms with Crippen LogP contribution in [-0.4, -0.2) is 63.2 Å². The second kappa shape index (κ2) is 10.6. The molecule has 4 aromatic rings. The molecule has 1 fully saturated rings. The standard InChI is InChI=1S/C26H36N8O2Si/c1-27-18-12-20(13-18)36-25-23-21(22-8-6-7-9-28-22)16-34(17-35-10-11-37(3,4)5)24(23)31-26(32-25)30-19-14-29-33(2)15-19/h6-9,14-16,18,20,27H,10-13,17H2,1-5H3,(H,30,31,32)/t18-,20-. The van der Waals surface area contributed by atoms with Crippen molar-refractivity contribution in [3.05, 3.63) is 43.0 Å². The molecule has 11 heteroatoms. The van der Waals surface area contributed by atoms with Crippen molar-refractivity contribution in [1.82, 2.24) is 34.6 Å². The molecular weight excluding hydrogens is 484 g/mol. The summed E-state index contributed by atoms with van der Waals surface area (Å²) in [6.45, 7) is 8.17. The number of ether oxygens (including phenoxy) is 2. The maximum absolute atomic E-state index is 6.50. The van der Waals surface area contributed by atoms with Crippen molar-refractivity contribution in [3.63, 3.8) is 0 Å². The lowest BCUT2D eigenvalue weighted by atomic mass is 9.89. The number of aryl methyl sites for hydroxylation is 1. The Balaban J connectivity index is 1.55. The highest BCUT2D eigenvalue weighted by molar-refractivity contribution is 6.76. The van der Waals surface area contributed by atoms with Crippen LogP contribution in [0.15, 0.2) is 43.0 Å². The van der Waals surface area contributed by atoms with Gasteiger partial charge in [-0.25, -0.2) is 0 Å². The van der Waals surface area contributed by atoms with E-state index in [9.17, 15) is 0 Å². The minimum atomic E-state index is -1.19. The first-order chi connectivity index (χ1) is 17.8. The van der Waals surface area contributed by atoms with Gasteiger partial charge < -0.3 is 24.7 Å². The van der Waals surface area contributed by atoms with E-state index in [0.29, 0.717) is 24.6 Å². The second-order valence-electron chi connectivity index (χ2n) is 10.9. The maximum atomic E-state index is 6.50. The zero-order valence-corrected chi connectivity index (χ0v) is 23.2. The third kappa shape index (κ3) is 6.00. The van der Waals surface area contributed by atoms with Crippen LogP contribution in [0.25, 0.3) is 22.3 Å². The molecule has 1 saturated carbocycles. The number of anilines is 2. The molecule has 5 rings (SSSR count). The molecule has 2 N–H and O–H groups in total. The largest absolute Gasteiger partial charge is 0.474 e. The normalized spacial score (nSPS) is 17.6. The molecule has 0 spiro atoms. The van der Waals surface area contributed by atoms with Crippen molar-refractivity contribution in [1.29, 1.82) is 0 Å². The molecule has 0 aromatic carbocycles. The first-order valence-corrected chi connectivity index (χ1v) is 16.5. The van der Waals surface area contributed by atoms with Crippen molar-refractivity contribution in [2.75, 3.05) is 19.0 Å². The zero-order chi connectivity index (χ0) is 26.0. The van der Waals surface area contributed by atoms with Crippen LogP contribution in [-0.2, 0) is 18.5 Å². The fraction of sp³-hybridized carbons (Fsp3) is 0.462. The predicted octanol–water partition coefficient (Wildman–Crippen LogP) is 4.41. The Bertz CT molecular complexity index is 1340. The van der Waals surface area contributed by atoms with E-state index in [1.807, 2.05) is 49.3 Å². The summed E-state index contributed by atoms with van der Waals surface area (Å²) in [5.74, 6) is 1.01. The van der Waals surface area contributed by atoms with Crippen LogP contribution in [0.1, 0.15) is 12.8 Å². The Morgan fingerprint density at radius 1 is 1.14 bits per heavy atom. The lowest BCUT2D eigenvalue weighted by Crippen LogP contribution is -2.45. The summed E-state index contributed by atoms with van der Waals surface area (Å²) in [7, 11) is 2.67. The number of fused-ring (bicyclic) bond motifs is 1. The predicted molar refractivity (Wildman–Crippen MR) is 148 cm³/mol. The summed E-state index contributed by atoms with van der Waals surface area (Å²) in [5.41, 5.74) is 3.32. The van der Waals surface area contributed by atoms with Gasteiger partial charge in [-0.15, -0.1) is 0 Å². The highest BCUT2D eigenvalue weighted by Crippen LogP contribution is 2.38. The van der Waals surface area contributed by atoms with Crippen molar-refractivity contribution in [2.45, 2.75) is 57.4 Å². The van der Waals surface area contributed by atoms with Gasteiger partial charge in [0.2, 0.25) is 11.8 Å². The minimum Gasteiger partial charge on any atom is -0.474 e. The van der Waals surface area contributed by atoms with Crippen LogP contribution < -0.4 is 15.4 Å². The molecule has 10 nitrogen and oxygen atoms in total. The molecule has 196 valence electrons. The van der Waals surface area contributed by atoms with Gasteiger partial charge in [0.25, 0.3) is 0 Å². The van der Waals surface area contributed by atoms with Crippen molar-refractivity contribution >= 4 is 30.7 Å². The van der Waals surface area contributed by atoms with Crippen molar-refractivity contribution < 1.29 is 9.47 Å². The molecule has 0 unspecified atom stereocenters. The third-order valence-corrected chi connectivity index (χ3v) is 8.30. The van der Waals surface area contributed by atoms with Crippen LogP contribution in [0.3, 0.4) is 0 Å². The Morgan fingerprint density at radius 3 is 2.65 bits per heavy atom. The van der Waals surface area contributed by atoms with E-state index in [-0.39, 0.29) is 6.10 Å². The monoisotopic (exact) mass is 520 g/mol. The van der Waals surface area contributed by atoms with Gasteiger partial charge >= 0.3 is 0 Å². The second-order valence-corrected chi connectivity index (χ2v) is 16.5. The Labute approximate surface area is 218 Å². The Morgan fingerprint density at radius 2 is 1.97 bits per heavy atom. The van der Waals surface area contributed by atoms with E-state index in [1.165, 1.54) is 0 Å². The van der Waals surface area contributed by atoms with E-state index in [1.54, 1.807) is 17.1 Å². The average Bonchev–Trinajstić information content (AvgIpc) is 3.42. The van der Waals surface area contributed by atoms with Crippen LogP contribution >= 0.6 is 0 Å². The van der Waals surface area contributed by atoms with E-state index >= 15 is 0 Å². The van der Waals surface area contributed by atoms with Crippen molar-refractivity contribution in [3.8, 4) is 17.1 Å². The van der Waals surface area contributed by atoms with Gasteiger partial charge in [-0.1, -0.05) is 25.7 Å². The van der Waals surface area contributed by atoms with Gasteiger partial charge in [-0.3, -0.25) is 9.67 Å². The summed E-state index contributed by atoms with van der Waals surface area (Å²) in [6, 6.07) is 7.47. The summed E-state index contributed by atoms with van der Waals surface area (Å²) < 4.78 is 16.4. The molecule has 0 radical (unpaired) electrons. The number of rotatable bonds is 11. The van der Waals surface area contributed by atoms with E-state index in [4.69, 9.17) is 19.4 Å². The molecule has 4 aromatic heterocycles. The number of nitrogens with one attached hydrogen (secondary N) is 2. The molecule has 0 aliphatic heterocycles. The molecule has 0 saturated heterocycles. The third-order valence-electron chi connectivity index (χ3n) is 6.59. The van der Waals surface area contributed by atoms with Crippen LogP contribution in [0.4, 0.5) is 11.6 Å². The highest BCUT2D eigenvalue weighted by Gasteiger charge is 2.31. The molecule has 1 aliphatic carbocycles.